The molecule has 2 aliphatic carbocycles. The van der Waals surface area contributed by atoms with Crippen molar-refractivity contribution in [1.29, 1.82) is 0 Å². The fourth-order valence-corrected chi connectivity index (χ4v) is 3.77. The molecule has 4 nitrogen and oxygen atoms in total. The standard InChI is InChI=1S/C15H14N2O2/c1-8-4-5-16-11(6-8)17-14(18)12-9-2-3-10(7-9)13(12)15(17)19/h2-6,9-10,12-13H,7H2,1H3/t9-,10+,12+,13-. The van der Waals surface area contributed by atoms with Crippen LogP contribution < -0.4 is 4.90 Å². The molecule has 4 atom stereocenters. The van der Waals surface area contributed by atoms with Gasteiger partial charge in [0.05, 0.1) is 11.8 Å². The average Bonchev–Trinajstić information content (AvgIpc) is 3.04. The number of hydrogen-bond acceptors (Lipinski definition) is 3. The topological polar surface area (TPSA) is 50.3 Å². The van der Waals surface area contributed by atoms with Crippen molar-refractivity contribution >= 4 is 17.6 Å². The number of amides is 2. The van der Waals surface area contributed by atoms with Crippen molar-refractivity contribution in [3.8, 4) is 0 Å². The molecule has 2 fully saturated rings. The van der Waals surface area contributed by atoms with Crippen LogP contribution in [0.1, 0.15) is 12.0 Å². The number of pyridine rings is 1. The van der Waals surface area contributed by atoms with Crippen molar-refractivity contribution in [2.24, 2.45) is 23.7 Å². The summed E-state index contributed by atoms with van der Waals surface area (Å²) in [6.07, 6.45) is 6.81. The molecule has 19 heavy (non-hydrogen) atoms. The molecule has 0 radical (unpaired) electrons. The van der Waals surface area contributed by atoms with Gasteiger partial charge in [-0.05, 0) is 42.9 Å². The van der Waals surface area contributed by atoms with Gasteiger partial charge in [0.25, 0.3) is 0 Å². The zero-order valence-corrected chi connectivity index (χ0v) is 10.6. The molecule has 0 unspecified atom stereocenters. The normalized spacial score (nSPS) is 35.3. The second-order valence-electron chi connectivity index (χ2n) is 5.70. The van der Waals surface area contributed by atoms with Crippen LogP contribution in [-0.4, -0.2) is 16.8 Å². The summed E-state index contributed by atoms with van der Waals surface area (Å²) in [6, 6.07) is 3.66. The fraction of sp³-hybridized carbons (Fsp3) is 0.400. The van der Waals surface area contributed by atoms with Gasteiger partial charge in [-0.2, -0.15) is 0 Å². The molecule has 1 aromatic heterocycles. The van der Waals surface area contributed by atoms with Crippen LogP contribution in [0.2, 0.25) is 0 Å². The summed E-state index contributed by atoms with van der Waals surface area (Å²) in [6.45, 7) is 1.93. The minimum Gasteiger partial charge on any atom is -0.274 e. The largest absolute Gasteiger partial charge is 0.274 e. The molecule has 2 bridgehead atoms. The van der Waals surface area contributed by atoms with E-state index in [9.17, 15) is 9.59 Å². The zero-order valence-electron chi connectivity index (χ0n) is 10.6. The van der Waals surface area contributed by atoms with E-state index in [1.165, 1.54) is 4.90 Å². The Bertz CT molecular complexity index is 592. The van der Waals surface area contributed by atoms with E-state index in [2.05, 4.69) is 17.1 Å². The van der Waals surface area contributed by atoms with Crippen LogP contribution in [0.5, 0.6) is 0 Å². The van der Waals surface area contributed by atoms with Crippen molar-refractivity contribution in [3.63, 3.8) is 0 Å². The molecule has 4 rings (SSSR count). The van der Waals surface area contributed by atoms with E-state index in [1.54, 1.807) is 12.3 Å². The number of imide groups is 1. The van der Waals surface area contributed by atoms with E-state index in [-0.39, 0.29) is 35.5 Å². The van der Waals surface area contributed by atoms with Gasteiger partial charge < -0.3 is 0 Å². The highest BCUT2D eigenvalue weighted by atomic mass is 16.2. The molecule has 2 heterocycles. The first-order chi connectivity index (χ1) is 9.16. The summed E-state index contributed by atoms with van der Waals surface area (Å²) in [7, 11) is 0. The number of anilines is 1. The molecule has 2 amide bonds. The molecule has 1 aliphatic heterocycles. The molecule has 0 spiro atoms. The maximum absolute atomic E-state index is 12.5. The summed E-state index contributed by atoms with van der Waals surface area (Å²) in [5.74, 6) is 0.552. The number of rotatable bonds is 1. The highest BCUT2D eigenvalue weighted by Crippen LogP contribution is 2.52. The quantitative estimate of drug-likeness (QED) is 0.566. The van der Waals surface area contributed by atoms with E-state index < -0.39 is 0 Å². The lowest BCUT2D eigenvalue weighted by Crippen LogP contribution is -2.33. The highest BCUT2D eigenvalue weighted by Gasteiger charge is 2.59. The Labute approximate surface area is 111 Å². The first-order valence-corrected chi connectivity index (χ1v) is 6.65. The van der Waals surface area contributed by atoms with Gasteiger partial charge in [0, 0.05) is 6.20 Å². The van der Waals surface area contributed by atoms with Crippen molar-refractivity contribution in [2.45, 2.75) is 13.3 Å². The molecule has 0 N–H and O–H groups in total. The Balaban J connectivity index is 1.77. The smallest absolute Gasteiger partial charge is 0.239 e. The fourth-order valence-electron chi connectivity index (χ4n) is 3.77. The second kappa shape index (κ2) is 3.53. The van der Waals surface area contributed by atoms with E-state index in [0.29, 0.717) is 5.82 Å². The molecular weight excluding hydrogens is 240 g/mol. The SMILES string of the molecule is Cc1ccnc(N2C(=O)[C@@H]3[C@H](C2=O)[C@H]2C=C[C@@H]3C2)c1. The average molecular weight is 254 g/mol. The molecule has 3 aliphatic rings. The van der Waals surface area contributed by atoms with Crippen LogP contribution in [0, 0.1) is 30.6 Å². The predicted octanol–water partition coefficient (Wildman–Crippen LogP) is 1.70. The third-order valence-corrected chi connectivity index (χ3v) is 4.60. The maximum Gasteiger partial charge on any atom is 0.239 e. The van der Waals surface area contributed by atoms with E-state index in [4.69, 9.17) is 0 Å². The summed E-state index contributed by atoms with van der Waals surface area (Å²) < 4.78 is 0. The minimum atomic E-state index is -0.148. The zero-order chi connectivity index (χ0) is 13.1. The van der Waals surface area contributed by atoms with Crippen molar-refractivity contribution in [3.05, 3.63) is 36.0 Å². The lowest BCUT2D eigenvalue weighted by Gasteiger charge is -2.16. The molecule has 1 aromatic rings. The monoisotopic (exact) mass is 254 g/mol. The van der Waals surface area contributed by atoms with Gasteiger partial charge in [0.15, 0.2) is 0 Å². The Hall–Kier alpha value is -1.97. The summed E-state index contributed by atoms with van der Waals surface area (Å²) >= 11 is 0. The maximum atomic E-state index is 12.5. The van der Waals surface area contributed by atoms with Gasteiger partial charge in [-0.1, -0.05) is 12.2 Å². The molecule has 96 valence electrons. The lowest BCUT2D eigenvalue weighted by molar-refractivity contribution is -0.123. The van der Waals surface area contributed by atoms with Crippen LogP contribution in [0.15, 0.2) is 30.5 Å². The van der Waals surface area contributed by atoms with E-state index in [0.717, 1.165) is 12.0 Å². The van der Waals surface area contributed by atoms with Crippen molar-refractivity contribution < 1.29 is 9.59 Å². The molecular formula is C15H14N2O2. The van der Waals surface area contributed by atoms with Crippen molar-refractivity contribution in [1.82, 2.24) is 4.98 Å². The van der Waals surface area contributed by atoms with Crippen LogP contribution >= 0.6 is 0 Å². The number of carbonyl (C=O) groups is 2. The number of allylic oxidation sites excluding steroid dienone is 2. The highest BCUT2D eigenvalue weighted by molar-refractivity contribution is 6.22. The Kier molecular flexibility index (Phi) is 2.03. The Morgan fingerprint density at radius 1 is 1.16 bits per heavy atom. The minimum absolute atomic E-state index is 0.0649. The number of hydrogen-bond donors (Lipinski definition) is 0. The number of aryl methyl sites for hydroxylation is 1. The van der Waals surface area contributed by atoms with E-state index in [1.807, 2.05) is 13.0 Å². The predicted molar refractivity (Wildman–Crippen MR) is 69.2 cm³/mol. The van der Waals surface area contributed by atoms with Crippen LogP contribution in [0.3, 0.4) is 0 Å². The van der Waals surface area contributed by atoms with Crippen molar-refractivity contribution in [2.75, 3.05) is 4.90 Å². The number of fused-ring (bicyclic) bond motifs is 5. The third-order valence-electron chi connectivity index (χ3n) is 4.60. The summed E-state index contributed by atoms with van der Waals surface area (Å²) in [4.78, 5) is 30.5. The molecule has 1 saturated carbocycles. The van der Waals surface area contributed by atoms with Crippen LogP contribution in [-0.2, 0) is 9.59 Å². The molecule has 1 saturated heterocycles. The lowest BCUT2D eigenvalue weighted by atomic mass is 9.85. The van der Waals surface area contributed by atoms with Crippen LogP contribution in [0.25, 0.3) is 0 Å². The van der Waals surface area contributed by atoms with Gasteiger partial charge in [-0.15, -0.1) is 0 Å². The third kappa shape index (κ3) is 1.31. The Morgan fingerprint density at radius 3 is 2.37 bits per heavy atom. The Morgan fingerprint density at radius 2 is 1.79 bits per heavy atom. The van der Waals surface area contributed by atoms with Gasteiger partial charge in [0.2, 0.25) is 11.8 Å². The first kappa shape index (κ1) is 10.9. The second-order valence-corrected chi connectivity index (χ2v) is 5.70. The molecule has 4 heteroatoms. The summed E-state index contributed by atoms with van der Waals surface area (Å²) in [5.41, 5.74) is 1.00. The van der Waals surface area contributed by atoms with E-state index >= 15 is 0 Å². The van der Waals surface area contributed by atoms with Gasteiger partial charge in [-0.3, -0.25) is 9.59 Å². The van der Waals surface area contributed by atoms with Gasteiger partial charge in [-0.25, -0.2) is 9.88 Å². The molecule has 0 aromatic carbocycles. The number of aromatic nitrogens is 1. The number of nitrogens with zero attached hydrogens (tertiary/aromatic N) is 2. The van der Waals surface area contributed by atoms with Gasteiger partial charge >= 0.3 is 0 Å². The summed E-state index contributed by atoms with van der Waals surface area (Å²) in [5, 5.41) is 0. The first-order valence-electron chi connectivity index (χ1n) is 6.65. The number of carbonyl (C=O) groups excluding carboxylic acids is 2. The van der Waals surface area contributed by atoms with Gasteiger partial charge in [0.1, 0.15) is 5.82 Å². The van der Waals surface area contributed by atoms with Crippen LogP contribution in [0.4, 0.5) is 5.82 Å².